The third kappa shape index (κ3) is 3.88. The molecule has 0 spiro atoms. The number of ether oxygens (including phenoxy) is 2. The number of rotatable bonds is 5. The molecule has 2 N–H and O–H groups in total. The molecular formula is C21H24N4O3. The van der Waals surface area contributed by atoms with E-state index < -0.39 is 0 Å². The van der Waals surface area contributed by atoms with Crippen molar-refractivity contribution in [1.29, 1.82) is 0 Å². The lowest BCUT2D eigenvalue weighted by molar-refractivity contribution is -0.117. The van der Waals surface area contributed by atoms with Crippen molar-refractivity contribution in [2.75, 3.05) is 38.4 Å². The fraction of sp³-hybridized carbons (Fsp3) is 0.333. The zero-order chi connectivity index (χ0) is 19.3. The third-order valence-corrected chi connectivity index (χ3v) is 4.96. The number of nitrogens with one attached hydrogen (secondary N) is 2. The molecule has 1 amide bonds. The van der Waals surface area contributed by atoms with Gasteiger partial charge in [0.2, 0.25) is 12.7 Å². The molecule has 28 heavy (non-hydrogen) atoms. The lowest BCUT2D eigenvalue weighted by Gasteiger charge is -2.18. The number of hydrogen-bond acceptors (Lipinski definition) is 4. The van der Waals surface area contributed by atoms with E-state index in [9.17, 15) is 4.79 Å². The monoisotopic (exact) mass is 380 g/mol. The second-order valence-corrected chi connectivity index (χ2v) is 6.71. The summed E-state index contributed by atoms with van der Waals surface area (Å²) < 4.78 is 10.7. The van der Waals surface area contributed by atoms with Crippen molar-refractivity contribution >= 4 is 17.6 Å². The number of nitrogens with zero attached hydrogens (tertiary/aromatic N) is 2. The van der Waals surface area contributed by atoms with Gasteiger partial charge in [-0.1, -0.05) is 24.3 Å². The average molecular weight is 380 g/mol. The number of para-hydroxylation sites is 1. The van der Waals surface area contributed by atoms with E-state index in [2.05, 4.69) is 21.7 Å². The van der Waals surface area contributed by atoms with E-state index in [1.54, 1.807) is 7.05 Å². The molecule has 7 heteroatoms. The van der Waals surface area contributed by atoms with E-state index in [0.29, 0.717) is 12.5 Å². The van der Waals surface area contributed by atoms with E-state index >= 15 is 0 Å². The van der Waals surface area contributed by atoms with Gasteiger partial charge in [0, 0.05) is 25.8 Å². The Morgan fingerprint density at radius 2 is 2.00 bits per heavy atom. The molecule has 0 radical (unpaired) electrons. The summed E-state index contributed by atoms with van der Waals surface area (Å²) in [5, 5.41) is 6.35. The van der Waals surface area contributed by atoms with Crippen LogP contribution in [0.15, 0.2) is 47.5 Å². The van der Waals surface area contributed by atoms with Crippen LogP contribution in [0.4, 0.5) is 5.69 Å². The lowest BCUT2D eigenvalue weighted by Crippen LogP contribution is -2.44. The highest BCUT2D eigenvalue weighted by Crippen LogP contribution is 2.32. The lowest BCUT2D eigenvalue weighted by atomic mass is 10.1. The van der Waals surface area contributed by atoms with E-state index in [0.717, 1.165) is 42.1 Å². The minimum absolute atomic E-state index is 0.0451. The summed E-state index contributed by atoms with van der Waals surface area (Å²) in [6, 6.07) is 14.0. The van der Waals surface area contributed by atoms with Crippen molar-refractivity contribution in [3.8, 4) is 11.5 Å². The first-order valence-electron chi connectivity index (χ1n) is 9.46. The van der Waals surface area contributed by atoms with Gasteiger partial charge in [0.1, 0.15) is 0 Å². The van der Waals surface area contributed by atoms with Crippen LogP contribution in [0.1, 0.15) is 11.1 Å². The third-order valence-electron chi connectivity index (χ3n) is 4.96. The topological polar surface area (TPSA) is 75.2 Å². The molecule has 0 unspecified atom stereocenters. The maximum absolute atomic E-state index is 12.6. The summed E-state index contributed by atoms with van der Waals surface area (Å²) in [4.78, 5) is 18.6. The van der Waals surface area contributed by atoms with Gasteiger partial charge in [0.25, 0.3) is 0 Å². The van der Waals surface area contributed by atoms with Crippen molar-refractivity contribution in [3.63, 3.8) is 0 Å². The second kappa shape index (κ2) is 8.21. The van der Waals surface area contributed by atoms with Crippen LogP contribution in [-0.4, -0.2) is 45.3 Å². The normalized spacial score (nSPS) is 14.8. The zero-order valence-electron chi connectivity index (χ0n) is 15.9. The van der Waals surface area contributed by atoms with Gasteiger partial charge in [-0.3, -0.25) is 9.79 Å². The predicted octanol–water partition coefficient (Wildman–Crippen LogP) is 1.71. The maximum Gasteiger partial charge on any atom is 0.246 e. The number of benzene rings is 2. The Labute approximate surface area is 164 Å². The summed E-state index contributed by atoms with van der Waals surface area (Å²) >= 11 is 0. The van der Waals surface area contributed by atoms with Crippen LogP contribution in [0.25, 0.3) is 0 Å². The highest BCUT2D eigenvalue weighted by atomic mass is 16.7. The van der Waals surface area contributed by atoms with Crippen molar-refractivity contribution in [2.45, 2.75) is 12.8 Å². The largest absolute Gasteiger partial charge is 0.454 e. The quantitative estimate of drug-likeness (QED) is 0.610. The zero-order valence-corrected chi connectivity index (χ0v) is 15.9. The van der Waals surface area contributed by atoms with E-state index in [1.165, 1.54) is 5.56 Å². The van der Waals surface area contributed by atoms with Gasteiger partial charge < -0.3 is 25.0 Å². The Bertz CT molecular complexity index is 897. The summed E-state index contributed by atoms with van der Waals surface area (Å²) in [6.45, 7) is 1.91. The minimum atomic E-state index is 0.0451. The number of aliphatic imine (C=N–C) groups is 1. The molecule has 2 aromatic rings. The molecule has 0 aromatic heterocycles. The van der Waals surface area contributed by atoms with Crippen LogP contribution in [0, 0.1) is 0 Å². The standard InChI is InChI=1S/C21H24N4O3/c1-22-21(23-10-8-15-6-7-18-19(12-15)28-14-27-18)24-13-20(26)25-11-9-16-4-2-3-5-17(16)25/h2-7,12H,8-11,13-14H2,1H3,(H2,22,23,24). The summed E-state index contributed by atoms with van der Waals surface area (Å²) in [5.41, 5.74) is 3.39. The molecule has 146 valence electrons. The first-order valence-corrected chi connectivity index (χ1v) is 9.46. The molecule has 0 atom stereocenters. The van der Waals surface area contributed by atoms with Crippen molar-refractivity contribution in [1.82, 2.24) is 10.6 Å². The molecular weight excluding hydrogens is 356 g/mol. The van der Waals surface area contributed by atoms with Gasteiger partial charge in [-0.05, 0) is 42.2 Å². The van der Waals surface area contributed by atoms with E-state index in [1.807, 2.05) is 41.3 Å². The van der Waals surface area contributed by atoms with Crippen LogP contribution in [0.5, 0.6) is 11.5 Å². The fourth-order valence-electron chi connectivity index (χ4n) is 3.49. The molecule has 0 aliphatic carbocycles. The number of carbonyl (C=O) groups excluding carboxylic acids is 1. The van der Waals surface area contributed by atoms with Crippen molar-refractivity contribution < 1.29 is 14.3 Å². The molecule has 2 aliphatic rings. The molecule has 2 aliphatic heterocycles. The number of hydrogen-bond donors (Lipinski definition) is 2. The Morgan fingerprint density at radius 1 is 1.14 bits per heavy atom. The Morgan fingerprint density at radius 3 is 2.89 bits per heavy atom. The van der Waals surface area contributed by atoms with Gasteiger partial charge in [0.15, 0.2) is 17.5 Å². The smallest absolute Gasteiger partial charge is 0.246 e. The molecule has 7 nitrogen and oxygen atoms in total. The van der Waals surface area contributed by atoms with Crippen LogP contribution in [-0.2, 0) is 17.6 Å². The van der Waals surface area contributed by atoms with Crippen molar-refractivity contribution in [2.24, 2.45) is 4.99 Å². The minimum Gasteiger partial charge on any atom is -0.454 e. The first kappa shape index (κ1) is 18.2. The van der Waals surface area contributed by atoms with Crippen LogP contribution >= 0.6 is 0 Å². The highest BCUT2D eigenvalue weighted by molar-refractivity contribution is 5.98. The van der Waals surface area contributed by atoms with Gasteiger partial charge in [0.05, 0.1) is 6.54 Å². The predicted molar refractivity (Wildman–Crippen MR) is 108 cm³/mol. The van der Waals surface area contributed by atoms with Crippen LogP contribution < -0.4 is 25.0 Å². The number of amides is 1. The Balaban J connectivity index is 1.24. The number of guanidine groups is 1. The summed E-state index contributed by atoms with van der Waals surface area (Å²) in [6.07, 6.45) is 1.72. The average Bonchev–Trinajstić information content (AvgIpc) is 3.36. The van der Waals surface area contributed by atoms with Gasteiger partial charge in [-0.2, -0.15) is 0 Å². The van der Waals surface area contributed by atoms with E-state index in [4.69, 9.17) is 9.47 Å². The fourth-order valence-corrected chi connectivity index (χ4v) is 3.49. The Hall–Kier alpha value is -3.22. The molecule has 0 saturated carbocycles. The van der Waals surface area contributed by atoms with Gasteiger partial charge >= 0.3 is 0 Å². The number of carbonyl (C=O) groups is 1. The molecule has 0 bridgehead atoms. The first-order chi connectivity index (χ1) is 13.7. The number of fused-ring (bicyclic) bond motifs is 2. The summed E-state index contributed by atoms with van der Waals surface area (Å²) in [7, 11) is 1.70. The van der Waals surface area contributed by atoms with Gasteiger partial charge in [-0.25, -0.2) is 0 Å². The van der Waals surface area contributed by atoms with Crippen molar-refractivity contribution in [3.05, 3.63) is 53.6 Å². The van der Waals surface area contributed by atoms with Gasteiger partial charge in [-0.15, -0.1) is 0 Å². The highest BCUT2D eigenvalue weighted by Gasteiger charge is 2.23. The SMILES string of the molecule is CN=C(NCCc1ccc2c(c1)OCO2)NCC(=O)N1CCc2ccccc21. The molecule has 0 fully saturated rings. The van der Waals surface area contributed by atoms with Crippen LogP contribution in [0.2, 0.25) is 0 Å². The number of anilines is 1. The molecule has 2 aromatic carbocycles. The maximum atomic E-state index is 12.6. The second-order valence-electron chi connectivity index (χ2n) is 6.71. The molecule has 2 heterocycles. The Kier molecular flexibility index (Phi) is 5.32. The molecule has 0 saturated heterocycles. The van der Waals surface area contributed by atoms with E-state index in [-0.39, 0.29) is 19.2 Å². The molecule has 4 rings (SSSR count). The summed E-state index contributed by atoms with van der Waals surface area (Å²) in [5.74, 6) is 2.23. The van der Waals surface area contributed by atoms with Crippen LogP contribution in [0.3, 0.4) is 0 Å².